The van der Waals surface area contributed by atoms with E-state index in [1.165, 1.54) is 0 Å². The number of aromatic nitrogens is 1. The van der Waals surface area contributed by atoms with Crippen LogP contribution < -0.4 is 5.32 Å². The predicted octanol–water partition coefficient (Wildman–Crippen LogP) is 5.35. The second-order valence-electron chi connectivity index (χ2n) is 8.71. The van der Waals surface area contributed by atoms with Gasteiger partial charge in [-0.3, -0.25) is 4.79 Å². The van der Waals surface area contributed by atoms with Crippen LogP contribution in [0.15, 0.2) is 64.7 Å². The molecule has 7 heteroatoms. The van der Waals surface area contributed by atoms with Gasteiger partial charge in [-0.15, -0.1) is 0 Å². The van der Waals surface area contributed by atoms with E-state index in [1.54, 1.807) is 12.1 Å². The van der Waals surface area contributed by atoms with Crippen LogP contribution in [0, 0.1) is 22.7 Å². The van der Waals surface area contributed by atoms with Crippen molar-refractivity contribution < 1.29 is 9.21 Å². The molecule has 7 nitrogen and oxygen atoms in total. The van der Waals surface area contributed by atoms with Crippen molar-refractivity contribution >= 4 is 27.8 Å². The highest BCUT2D eigenvalue weighted by Crippen LogP contribution is 2.27. The molecule has 2 N–H and O–H groups in total. The Hall–Kier alpha value is -4.33. The van der Waals surface area contributed by atoms with Gasteiger partial charge in [0.15, 0.2) is 0 Å². The Bertz CT molecular complexity index is 1530. The van der Waals surface area contributed by atoms with Crippen LogP contribution in [0.4, 0.5) is 0 Å². The summed E-state index contributed by atoms with van der Waals surface area (Å²) in [5, 5.41) is 24.0. The minimum atomic E-state index is -0.0850. The number of carbonyl (C=O) groups is 1. The topological polar surface area (TPSA) is 109 Å². The van der Waals surface area contributed by atoms with Crippen molar-refractivity contribution in [2.75, 3.05) is 6.54 Å². The number of fused-ring (bicyclic) bond motifs is 2. The summed E-state index contributed by atoms with van der Waals surface area (Å²) in [6.07, 6.45) is 4.65. The molecule has 35 heavy (non-hydrogen) atoms. The third kappa shape index (κ3) is 4.30. The molecule has 2 aromatic heterocycles. The fourth-order valence-corrected chi connectivity index (χ4v) is 4.80. The lowest BCUT2D eigenvalue weighted by Gasteiger charge is -2.30. The molecule has 5 rings (SSSR count). The number of nitriles is 2. The zero-order valence-electron chi connectivity index (χ0n) is 19.5. The number of rotatable bonds is 6. The number of furan rings is 1. The van der Waals surface area contributed by atoms with Crippen LogP contribution in [-0.2, 0) is 6.54 Å². The van der Waals surface area contributed by atoms with Crippen LogP contribution in [-0.4, -0.2) is 28.4 Å². The van der Waals surface area contributed by atoms with Crippen molar-refractivity contribution in [1.29, 1.82) is 10.5 Å². The minimum Gasteiger partial charge on any atom is -0.458 e. The summed E-state index contributed by atoms with van der Waals surface area (Å²) in [7, 11) is 0. The molecule has 0 aliphatic heterocycles. The van der Waals surface area contributed by atoms with Crippen LogP contribution in [0.5, 0.6) is 0 Å². The molecular weight excluding hydrogens is 438 g/mol. The van der Waals surface area contributed by atoms with Gasteiger partial charge in [0, 0.05) is 41.0 Å². The van der Waals surface area contributed by atoms with Crippen molar-refractivity contribution in [2.24, 2.45) is 0 Å². The van der Waals surface area contributed by atoms with Gasteiger partial charge in [-0.05, 0) is 56.2 Å². The molecular formula is C28H25N5O2. The molecule has 1 aliphatic rings. The van der Waals surface area contributed by atoms with Gasteiger partial charge in [0.25, 0.3) is 5.91 Å². The summed E-state index contributed by atoms with van der Waals surface area (Å²) < 4.78 is 5.93. The first-order chi connectivity index (χ1) is 17.1. The number of para-hydroxylation sites is 1. The Balaban J connectivity index is 1.30. The zero-order valence-corrected chi connectivity index (χ0v) is 19.5. The first kappa shape index (κ1) is 22.5. The first-order valence-electron chi connectivity index (χ1n) is 11.8. The third-order valence-electron chi connectivity index (χ3n) is 6.57. The molecule has 2 heterocycles. The van der Waals surface area contributed by atoms with Gasteiger partial charge in [0.2, 0.25) is 0 Å². The highest BCUT2D eigenvalue weighted by atomic mass is 16.3. The fraction of sp³-hybridized carbons (Fsp3) is 0.250. The van der Waals surface area contributed by atoms with Gasteiger partial charge in [0.05, 0.1) is 18.2 Å². The Labute approximate surface area is 203 Å². The maximum atomic E-state index is 13.4. The number of benzene rings is 2. The maximum absolute atomic E-state index is 13.4. The molecule has 4 aromatic rings. The van der Waals surface area contributed by atoms with Gasteiger partial charge in [-0.1, -0.05) is 18.2 Å². The lowest BCUT2D eigenvalue weighted by Crippen LogP contribution is -2.37. The van der Waals surface area contributed by atoms with E-state index >= 15 is 0 Å². The van der Waals surface area contributed by atoms with Gasteiger partial charge < -0.3 is 19.6 Å². The maximum Gasteiger partial charge on any atom is 0.274 e. The van der Waals surface area contributed by atoms with Crippen molar-refractivity contribution in [3.05, 3.63) is 82.9 Å². The normalized spacial score (nSPS) is 15.5. The molecule has 0 saturated heterocycles. The Morgan fingerprint density at radius 2 is 2.06 bits per heavy atom. The highest BCUT2D eigenvalue weighted by molar-refractivity contribution is 5.99. The van der Waals surface area contributed by atoms with E-state index in [4.69, 9.17) is 9.68 Å². The highest BCUT2D eigenvalue weighted by Gasteiger charge is 2.25. The summed E-state index contributed by atoms with van der Waals surface area (Å²) in [4.78, 5) is 18.4. The summed E-state index contributed by atoms with van der Waals surface area (Å²) in [5.41, 5.74) is 4.18. The lowest BCUT2D eigenvalue weighted by atomic mass is 9.97. The number of amides is 1. The Morgan fingerprint density at radius 1 is 1.20 bits per heavy atom. The fourth-order valence-electron chi connectivity index (χ4n) is 4.80. The molecule has 0 radical (unpaired) electrons. The molecule has 1 aliphatic carbocycles. The van der Waals surface area contributed by atoms with Crippen LogP contribution in [0.2, 0.25) is 0 Å². The van der Waals surface area contributed by atoms with Crippen molar-refractivity contribution in [2.45, 2.75) is 38.8 Å². The number of H-pyrrole nitrogens is 1. The molecule has 174 valence electrons. The summed E-state index contributed by atoms with van der Waals surface area (Å²) in [5.74, 6) is 0.557. The summed E-state index contributed by atoms with van der Waals surface area (Å²) in [6.45, 7) is 2.98. The molecule has 1 atom stereocenters. The molecule has 0 fully saturated rings. The SMILES string of the molecule is CCN(C(=O)c1cc2cc(C#N)ccc2[nH]1)C1=CCC[C@@H](NCc2oc3ccccc3c2C#N)C1. The van der Waals surface area contributed by atoms with Crippen molar-refractivity contribution in [1.82, 2.24) is 15.2 Å². The number of allylic oxidation sites excluding steroid dienone is 1. The second-order valence-corrected chi connectivity index (χ2v) is 8.71. The number of carbonyl (C=O) groups excluding carboxylic acids is 1. The minimum absolute atomic E-state index is 0.0850. The van der Waals surface area contributed by atoms with Crippen LogP contribution in [0.1, 0.15) is 53.6 Å². The standard InChI is InChI=1S/C28H25N5O2/c1-2-33(28(34)25-13-19-12-18(15-29)10-11-24(19)32-25)21-7-5-6-20(14-21)31-17-27-23(16-30)22-8-3-4-9-26(22)35-27/h3-4,7-13,20,31-32H,2,5-6,14,17H2,1H3/t20-/m1/s1. The predicted molar refractivity (Wildman–Crippen MR) is 133 cm³/mol. The number of nitrogens with one attached hydrogen (secondary N) is 2. The molecule has 0 bridgehead atoms. The number of hydrogen-bond acceptors (Lipinski definition) is 5. The van der Waals surface area contributed by atoms with Gasteiger partial charge in [-0.25, -0.2) is 0 Å². The van der Waals surface area contributed by atoms with Gasteiger partial charge >= 0.3 is 0 Å². The average Bonchev–Trinajstić information content (AvgIpc) is 3.48. The van der Waals surface area contributed by atoms with E-state index in [0.29, 0.717) is 47.7 Å². The van der Waals surface area contributed by atoms with Gasteiger partial charge in [-0.2, -0.15) is 10.5 Å². The monoisotopic (exact) mass is 463 g/mol. The van der Waals surface area contributed by atoms with Crippen molar-refractivity contribution in [3.63, 3.8) is 0 Å². The molecule has 0 unspecified atom stereocenters. The molecule has 2 aromatic carbocycles. The van der Waals surface area contributed by atoms with E-state index in [1.807, 2.05) is 48.2 Å². The van der Waals surface area contributed by atoms with Crippen LogP contribution in [0.3, 0.4) is 0 Å². The Kier molecular flexibility index (Phi) is 6.10. The summed E-state index contributed by atoms with van der Waals surface area (Å²) in [6, 6.07) is 19.3. The molecule has 1 amide bonds. The quantitative estimate of drug-likeness (QED) is 0.401. The lowest BCUT2D eigenvalue weighted by molar-refractivity contribution is 0.0797. The van der Waals surface area contributed by atoms with E-state index in [0.717, 1.165) is 34.8 Å². The third-order valence-corrected chi connectivity index (χ3v) is 6.57. The van der Waals surface area contributed by atoms with Crippen LogP contribution in [0.25, 0.3) is 21.9 Å². The van der Waals surface area contributed by atoms with Crippen molar-refractivity contribution in [3.8, 4) is 12.1 Å². The summed E-state index contributed by atoms with van der Waals surface area (Å²) >= 11 is 0. The average molecular weight is 464 g/mol. The van der Waals surface area contributed by atoms with Crippen LogP contribution >= 0.6 is 0 Å². The zero-order chi connectivity index (χ0) is 24.4. The van der Waals surface area contributed by atoms with E-state index in [-0.39, 0.29) is 11.9 Å². The molecule has 0 saturated carbocycles. The Morgan fingerprint density at radius 3 is 2.86 bits per heavy atom. The number of nitrogens with zero attached hydrogens (tertiary/aromatic N) is 3. The molecule has 0 spiro atoms. The van der Waals surface area contributed by atoms with E-state index in [2.05, 4.69) is 28.5 Å². The smallest absolute Gasteiger partial charge is 0.274 e. The number of hydrogen-bond donors (Lipinski definition) is 2. The van der Waals surface area contributed by atoms with E-state index in [9.17, 15) is 10.1 Å². The largest absolute Gasteiger partial charge is 0.458 e. The number of aromatic amines is 1. The van der Waals surface area contributed by atoms with Gasteiger partial charge in [0.1, 0.15) is 28.7 Å². The second kappa shape index (κ2) is 9.50. The first-order valence-corrected chi connectivity index (χ1v) is 11.8. The van der Waals surface area contributed by atoms with E-state index < -0.39 is 0 Å².